The first-order valence-electron chi connectivity index (χ1n) is 8.15. The smallest absolute Gasteiger partial charge is 0.326 e. The van der Waals surface area contributed by atoms with Crippen LogP contribution in [0.5, 0.6) is 0 Å². The molecule has 1 aliphatic rings. The highest BCUT2D eigenvalue weighted by Gasteiger charge is 2.31. The number of anilines is 1. The van der Waals surface area contributed by atoms with Crippen molar-refractivity contribution in [1.29, 1.82) is 0 Å². The molecule has 7 heteroatoms. The van der Waals surface area contributed by atoms with Crippen LogP contribution in [0.25, 0.3) is 10.4 Å². The number of urea groups is 1. The molecule has 1 saturated heterocycles. The second-order valence-electron chi connectivity index (χ2n) is 5.95. The molecule has 25 heavy (non-hydrogen) atoms. The van der Waals surface area contributed by atoms with Crippen molar-refractivity contribution >= 4 is 29.0 Å². The third-order valence-corrected chi connectivity index (χ3v) is 5.06. The Morgan fingerprint density at radius 3 is 2.84 bits per heavy atom. The minimum Gasteiger partial charge on any atom is -0.480 e. The van der Waals surface area contributed by atoms with Gasteiger partial charge in [0.1, 0.15) is 6.04 Å². The predicted octanol–water partition coefficient (Wildman–Crippen LogP) is 3.42. The van der Waals surface area contributed by atoms with E-state index in [1.807, 2.05) is 35.7 Å². The molecule has 6 nitrogen and oxygen atoms in total. The molecule has 3 N–H and O–H groups in total. The van der Waals surface area contributed by atoms with Gasteiger partial charge in [0.15, 0.2) is 0 Å². The fourth-order valence-corrected chi connectivity index (χ4v) is 3.64. The van der Waals surface area contributed by atoms with Gasteiger partial charge in [-0.15, -0.1) is 11.3 Å². The zero-order valence-electron chi connectivity index (χ0n) is 13.6. The van der Waals surface area contributed by atoms with Crippen LogP contribution in [0.2, 0.25) is 0 Å². The quantitative estimate of drug-likeness (QED) is 0.762. The van der Waals surface area contributed by atoms with Crippen LogP contribution in [0.1, 0.15) is 12.8 Å². The van der Waals surface area contributed by atoms with Gasteiger partial charge in [-0.1, -0.05) is 18.2 Å². The minimum atomic E-state index is -1.04. The number of amides is 2. The van der Waals surface area contributed by atoms with Crippen molar-refractivity contribution in [3.8, 4) is 10.4 Å². The fourth-order valence-electron chi connectivity index (χ4n) is 2.91. The number of benzene rings is 1. The van der Waals surface area contributed by atoms with Crippen molar-refractivity contribution in [3.63, 3.8) is 0 Å². The molecule has 2 atom stereocenters. The standard InChI is InChI=1S/C18H20N2O4S/c21-17(22)16(13-5-2-8-24-11-13)20-18(23)19-14-6-1-4-12(10-14)15-7-3-9-25-15/h1,3-4,6-7,9-10,13,16H,2,5,8,11H2,(H,21,22)(H2,19,20,23)/t13-,16-/m1/s1. The van der Waals surface area contributed by atoms with Gasteiger partial charge in [-0.2, -0.15) is 0 Å². The number of aliphatic carboxylic acids is 1. The van der Waals surface area contributed by atoms with Crippen LogP contribution in [0.4, 0.5) is 10.5 Å². The number of thiophene rings is 1. The highest BCUT2D eigenvalue weighted by Crippen LogP contribution is 2.26. The predicted molar refractivity (Wildman–Crippen MR) is 96.9 cm³/mol. The van der Waals surface area contributed by atoms with Crippen LogP contribution >= 0.6 is 11.3 Å². The van der Waals surface area contributed by atoms with E-state index in [1.54, 1.807) is 17.4 Å². The summed E-state index contributed by atoms with van der Waals surface area (Å²) in [5, 5.41) is 16.7. The minimum absolute atomic E-state index is 0.213. The molecule has 132 valence electrons. The maximum Gasteiger partial charge on any atom is 0.326 e. The summed E-state index contributed by atoms with van der Waals surface area (Å²) in [6, 6.07) is 9.95. The Morgan fingerprint density at radius 1 is 1.28 bits per heavy atom. The molecule has 0 bridgehead atoms. The molecule has 1 aliphatic heterocycles. The van der Waals surface area contributed by atoms with E-state index >= 15 is 0 Å². The Hall–Kier alpha value is -2.38. The van der Waals surface area contributed by atoms with Crippen LogP contribution in [0.15, 0.2) is 41.8 Å². The molecule has 2 heterocycles. The van der Waals surface area contributed by atoms with Crippen molar-refractivity contribution in [2.45, 2.75) is 18.9 Å². The number of hydrogen-bond donors (Lipinski definition) is 3. The lowest BCUT2D eigenvalue weighted by atomic mass is 9.94. The van der Waals surface area contributed by atoms with Crippen LogP contribution in [-0.2, 0) is 9.53 Å². The van der Waals surface area contributed by atoms with Gasteiger partial charge < -0.3 is 20.5 Å². The van der Waals surface area contributed by atoms with E-state index in [0.717, 1.165) is 23.3 Å². The molecule has 2 amide bonds. The number of carbonyl (C=O) groups excluding carboxylic acids is 1. The van der Waals surface area contributed by atoms with Crippen molar-refractivity contribution in [1.82, 2.24) is 5.32 Å². The number of rotatable bonds is 5. The molecule has 2 aromatic rings. The molecule has 1 fully saturated rings. The highest BCUT2D eigenvalue weighted by atomic mass is 32.1. The van der Waals surface area contributed by atoms with Gasteiger partial charge in [0.05, 0.1) is 6.61 Å². The van der Waals surface area contributed by atoms with E-state index < -0.39 is 18.0 Å². The van der Waals surface area contributed by atoms with Crippen molar-refractivity contribution in [2.24, 2.45) is 5.92 Å². The third kappa shape index (κ3) is 4.58. The van der Waals surface area contributed by atoms with E-state index in [0.29, 0.717) is 18.9 Å². The molecule has 0 radical (unpaired) electrons. The first kappa shape index (κ1) is 17.4. The molecular weight excluding hydrogens is 340 g/mol. The largest absolute Gasteiger partial charge is 0.480 e. The maximum atomic E-state index is 12.2. The zero-order chi connectivity index (χ0) is 17.6. The second kappa shape index (κ2) is 8.13. The van der Waals surface area contributed by atoms with Crippen molar-refractivity contribution in [3.05, 3.63) is 41.8 Å². The third-order valence-electron chi connectivity index (χ3n) is 4.15. The summed E-state index contributed by atoms with van der Waals surface area (Å²) in [6.07, 6.45) is 1.53. The number of nitrogens with one attached hydrogen (secondary N) is 2. The van der Waals surface area contributed by atoms with Crippen LogP contribution in [0.3, 0.4) is 0 Å². The highest BCUT2D eigenvalue weighted by molar-refractivity contribution is 7.13. The molecule has 0 spiro atoms. The van der Waals surface area contributed by atoms with Crippen LogP contribution in [-0.4, -0.2) is 36.4 Å². The van der Waals surface area contributed by atoms with E-state index in [1.165, 1.54) is 0 Å². The van der Waals surface area contributed by atoms with Gasteiger partial charge in [-0.05, 0) is 42.0 Å². The van der Waals surface area contributed by atoms with Crippen molar-refractivity contribution in [2.75, 3.05) is 18.5 Å². The Balaban J connectivity index is 1.65. The van der Waals surface area contributed by atoms with E-state index in [9.17, 15) is 14.7 Å². The fraction of sp³-hybridized carbons (Fsp3) is 0.333. The van der Waals surface area contributed by atoms with E-state index in [4.69, 9.17) is 4.74 Å². The van der Waals surface area contributed by atoms with Gasteiger partial charge in [0, 0.05) is 23.1 Å². The van der Waals surface area contributed by atoms with Gasteiger partial charge in [0.2, 0.25) is 0 Å². The summed E-state index contributed by atoms with van der Waals surface area (Å²) in [6.45, 7) is 0.996. The van der Waals surface area contributed by atoms with Gasteiger partial charge in [0.25, 0.3) is 0 Å². The summed E-state index contributed by atoms with van der Waals surface area (Å²) >= 11 is 1.62. The lowest BCUT2D eigenvalue weighted by Gasteiger charge is -2.28. The summed E-state index contributed by atoms with van der Waals surface area (Å²) in [4.78, 5) is 24.8. The molecular formula is C18H20N2O4S. The SMILES string of the molecule is O=C(Nc1cccc(-c2cccs2)c1)N[C@@H](C(=O)O)[C@@H]1CCCOC1. The number of carboxylic acids is 1. The Labute approximate surface area is 149 Å². The van der Waals surface area contributed by atoms with E-state index in [2.05, 4.69) is 10.6 Å². The molecule has 0 saturated carbocycles. The average Bonchev–Trinajstić information content (AvgIpc) is 3.15. The second-order valence-corrected chi connectivity index (χ2v) is 6.90. The molecule has 0 aliphatic carbocycles. The van der Waals surface area contributed by atoms with Gasteiger partial charge in [-0.25, -0.2) is 9.59 Å². The Kier molecular flexibility index (Phi) is 5.67. The number of hydrogen-bond acceptors (Lipinski definition) is 4. The molecule has 3 rings (SSSR count). The Morgan fingerprint density at radius 2 is 2.16 bits per heavy atom. The summed E-state index contributed by atoms with van der Waals surface area (Å²) in [5.41, 5.74) is 1.62. The zero-order valence-corrected chi connectivity index (χ0v) is 14.4. The van der Waals surface area contributed by atoms with Crippen molar-refractivity contribution < 1.29 is 19.4 Å². The van der Waals surface area contributed by atoms with Gasteiger partial charge in [-0.3, -0.25) is 0 Å². The monoisotopic (exact) mass is 360 g/mol. The average molecular weight is 360 g/mol. The maximum absolute atomic E-state index is 12.2. The van der Waals surface area contributed by atoms with Crippen LogP contribution in [0, 0.1) is 5.92 Å². The molecule has 0 unspecified atom stereocenters. The first-order valence-corrected chi connectivity index (χ1v) is 9.03. The number of ether oxygens (including phenoxy) is 1. The normalized spacial score (nSPS) is 18.3. The molecule has 1 aromatic carbocycles. The molecule has 1 aromatic heterocycles. The summed E-state index contributed by atoms with van der Waals surface area (Å²) in [5.74, 6) is -1.26. The lowest BCUT2D eigenvalue weighted by Crippen LogP contribution is -2.49. The summed E-state index contributed by atoms with van der Waals surface area (Å²) < 4.78 is 5.34. The van der Waals surface area contributed by atoms with Gasteiger partial charge >= 0.3 is 12.0 Å². The number of carbonyl (C=O) groups is 2. The lowest BCUT2D eigenvalue weighted by molar-refractivity contribution is -0.142. The van der Waals surface area contributed by atoms with Crippen LogP contribution < -0.4 is 10.6 Å². The number of carboxylic acid groups (broad SMARTS) is 1. The Bertz CT molecular complexity index is 726. The first-order chi connectivity index (χ1) is 12.1. The van der Waals surface area contributed by atoms with E-state index in [-0.39, 0.29) is 5.92 Å². The summed E-state index contributed by atoms with van der Waals surface area (Å²) in [7, 11) is 0. The topological polar surface area (TPSA) is 87.7 Å².